The van der Waals surface area contributed by atoms with Gasteiger partial charge in [-0.25, -0.2) is 0 Å². The molecule has 33 heavy (non-hydrogen) atoms. The van der Waals surface area contributed by atoms with Gasteiger partial charge in [-0.1, -0.05) is 43.1 Å². The molecule has 1 aromatic carbocycles. The predicted octanol–water partition coefficient (Wildman–Crippen LogP) is 5.25. The highest BCUT2D eigenvalue weighted by atomic mass is 35.5. The Bertz CT molecular complexity index is 1170. The number of carbonyl (C=O) groups is 2. The molecule has 1 aliphatic carbocycles. The van der Waals surface area contributed by atoms with Gasteiger partial charge in [-0.15, -0.1) is 0 Å². The van der Waals surface area contributed by atoms with Gasteiger partial charge in [0.05, 0.1) is 23.7 Å². The molecule has 2 unspecified atom stereocenters. The standard InChI is InChI=1S/C24H28ClN3O4S/c1-14-6-4-5-7-24(14,13-26-22(29)15-8-21(33-3)32-12-15)28-23(30)19-11-17-18(27-19)9-16(25)10-20(17)31-2/h8-12,14,27H,4-7,13H2,1-3H3,(H,26,29)(H,28,30). The Morgan fingerprint density at radius 1 is 1.27 bits per heavy atom. The number of furan rings is 1. The highest BCUT2D eigenvalue weighted by Crippen LogP contribution is 2.35. The van der Waals surface area contributed by atoms with Gasteiger partial charge in [-0.2, -0.15) is 0 Å². The minimum atomic E-state index is -0.546. The predicted molar refractivity (Wildman–Crippen MR) is 131 cm³/mol. The largest absolute Gasteiger partial charge is 0.496 e. The second-order valence-corrected chi connectivity index (χ2v) is 9.80. The van der Waals surface area contributed by atoms with E-state index in [0.29, 0.717) is 33.7 Å². The fourth-order valence-electron chi connectivity index (χ4n) is 4.54. The van der Waals surface area contributed by atoms with E-state index >= 15 is 0 Å². The van der Waals surface area contributed by atoms with E-state index in [1.54, 1.807) is 31.4 Å². The summed E-state index contributed by atoms with van der Waals surface area (Å²) in [5.74, 6) is 0.372. The summed E-state index contributed by atoms with van der Waals surface area (Å²) in [6, 6.07) is 6.98. The van der Waals surface area contributed by atoms with Crippen LogP contribution in [0.4, 0.5) is 0 Å². The number of amides is 2. The van der Waals surface area contributed by atoms with Crippen LogP contribution in [0.2, 0.25) is 5.02 Å². The molecule has 3 N–H and O–H groups in total. The number of methoxy groups -OCH3 is 1. The molecule has 176 valence electrons. The molecule has 2 atom stereocenters. The minimum Gasteiger partial charge on any atom is -0.496 e. The van der Waals surface area contributed by atoms with E-state index in [0.717, 1.165) is 36.6 Å². The van der Waals surface area contributed by atoms with Crippen LogP contribution in [-0.4, -0.2) is 42.2 Å². The van der Waals surface area contributed by atoms with Crippen molar-refractivity contribution >= 4 is 46.1 Å². The molecular weight excluding hydrogens is 462 g/mol. The maximum absolute atomic E-state index is 13.3. The van der Waals surface area contributed by atoms with Crippen molar-refractivity contribution < 1.29 is 18.7 Å². The summed E-state index contributed by atoms with van der Waals surface area (Å²) in [4.78, 5) is 29.2. The van der Waals surface area contributed by atoms with Gasteiger partial charge in [-0.3, -0.25) is 9.59 Å². The number of aromatic amines is 1. The molecule has 1 saturated carbocycles. The van der Waals surface area contributed by atoms with Crippen molar-refractivity contribution in [3.63, 3.8) is 0 Å². The van der Waals surface area contributed by atoms with Crippen molar-refractivity contribution in [3.8, 4) is 5.75 Å². The van der Waals surface area contributed by atoms with Crippen LogP contribution in [0.3, 0.4) is 0 Å². The average molecular weight is 490 g/mol. The summed E-state index contributed by atoms with van der Waals surface area (Å²) in [7, 11) is 1.57. The Kier molecular flexibility index (Phi) is 6.95. The number of aromatic nitrogens is 1. The first-order valence-electron chi connectivity index (χ1n) is 10.9. The van der Waals surface area contributed by atoms with Crippen LogP contribution in [-0.2, 0) is 0 Å². The molecule has 0 bridgehead atoms. The molecule has 0 spiro atoms. The summed E-state index contributed by atoms with van der Waals surface area (Å²) in [6.07, 6.45) is 7.21. The Balaban J connectivity index is 1.55. The molecule has 0 radical (unpaired) electrons. The lowest BCUT2D eigenvalue weighted by molar-refractivity contribution is 0.0758. The van der Waals surface area contributed by atoms with Crippen LogP contribution in [0.25, 0.3) is 10.9 Å². The normalized spacial score (nSPS) is 20.5. The lowest BCUT2D eigenvalue weighted by Gasteiger charge is -2.43. The van der Waals surface area contributed by atoms with Crippen LogP contribution in [0.5, 0.6) is 5.75 Å². The van der Waals surface area contributed by atoms with Gasteiger partial charge in [-0.05, 0) is 43.2 Å². The van der Waals surface area contributed by atoms with Gasteiger partial charge in [0, 0.05) is 23.0 Å². The van der Waals surface area contributed by atoms with Crippen molar-refractivity contribution in [2.75, 3.05) is 19.9 Å². The van der Waals surface area contributed by atoms with E-state index in [2.05, 4.69) is 22.5 Å². The number of H-pyrrole nitrogens is 1. The summed E-state index contributed by atoms with van der Waals surface area (Å²) in [5.41, 5.74) is 1.08. The Labute approximate surface area is 202 Å². The van der Waals surface area contributed by atoms with Gasteiger partial charge < -0.3 is 24.8 Å². The average Bonchev–Trinajstić information content (AvgIpc) is 3.46. The smallest absolute Gasteiger partial charge is 0.268 e. The number of fused-ring (bicyclic) bond motifs is 1. The first kappa shape index (κ1) is 23.6. The van der Waals surface area contributed by atoms with Crippen molar-refractivity contribution in [3.05, 3.63) is 46.8 Å². The van der Waals surface area contributed by atoms with Gasteiger partial charge in [0.1, 0.15) is 17.7 Å². The molecule has 1 aliphatic rings. The maximum atomic E-state index is 13.3. The highest BCUT2D eigenvalue weighted by molar-refractivity contribution is 7.98. The quantitative estimate of drug-likeness (QED) is 0.394. The van der Waals surface area contributed by atoms with E-state index in [-0.39, 0.29) is 17.7 Å². The highest BCUT2D eigenvalue weighted by Gasteiger charge is 2.40. The van der Waals surface area contributed by atoms with Crippen LogP contribution in [0, 0.1) is 5.92 Å². The van der Waals surface area contributed by atoms with E-state index < -0.39 is 5.54 Å². The lowest BCUT2D eigenvalue weighted by atomic mass is 9.73. The number of nitrogens with one attached hydrogen (secondary N) is 3. The monoisotopic (exact) mass is 489 g/mol. The SMILES string of the molecule is COc1cc(Cl)cc2[nH]c(C(=O)NC3(CNC(=O)c4coc(SC)c4)CCCCC3C)cc12. The van der Waals surface area contributed by atoms with Gasteiger partial charge in [0.2, 0.25) is 0 Å². The number of hydrogen-bond acceptors (Lipinski definition) is 5. The molecule has 7 nitrogen and oxygen atoms in total. The molecule has 1 fully saturated rings. The number of ether oxygens (including phenoxy) is 1. The molecule has 0 aliphatic heterocycles. The van der Waals surface area contributed by atoms with Gasteiger partial charge in [0.25, 0.3) is 11.8 Å². The van der Waals surface area contributed by atoms with Crippen molar-refractivity contribution in [2.45, 2.75) is 43.2 Å². The second kappa shape index (κ2) is 9.73. The minimum absolute atomic E-state index is 0.204. The first-order chi connectivity index (χ1) is 15.8. The van der Waals surface area contributed by atoms with E-state index in [9.17, 15) is 9.59 Å². The molecule has 0 saturated heterocycles. The zero-order valence-electron chi connectivity index (χ0n) is 18.9. The third-order valence-electron chi connectivity index (χ3n) is 6.55. The number of carbonyl (C=O) groups excluding carboxylic acids is 2. The zero-order valence-corrected chi connectivity index (χ0v) is 20.5. The van der Waals surface area contributed by atoms with Crippen LogP contribution < -0.4 is 15.4 Å². The van der Waals surface area contributed by atoms with Crippen molar-refractivity contribution in [2.24, 2.45) is 5.92 Å². The van der Waals surface area contributed by atoms with E-state index in [1.807, 2.05) is 6.26 Å². The molecule has 3 aromatic rings. The molecule has 2 heterocycles. The number of benzene rings is 1. The Morgan fingerprint density at radius 3 is 2.79 bits per heavy atom. The fraction of sp³-hybridized carbons (Fsp3) is 0.417. The zero-order chi connectivity index (χ0) is 23.6. The van der Waals surface area contributed by atoms with Gasteiger partial charge >= 0.3 is 0 Å². The summed E-state index contributed by atoms with van der Waals surface area (Å²) in [6.45, 7) is 2.47. The van der Waals surface area contributed by atoms with Gasteiger partial charge in [0.15, 0.2) is 5.09 Å². The van der Waals surface area contributed by atoms with E-state index in [1.165, 1.54) is 18.0 Å². The van der Waals surface area contributed by atoms with Crippen LogP contribution in [0.1, 0.15) is 53.5 Å². The fourth-order valence-corrected chi connectivity index (χ4v) is 5.14. The molecule has 2 amide bonds. The molecule has 4 rings (SSSR count). The van der Waals surface area contributed by atoms with Crippen LogP contribution in [0.15, 0.2) is 40.0 Å². The topological polar surface area (TPSA) is 96.4 Å². The van der Waals surface area contributed by atoms with Crippen LogP contribution >= 0.6 is 23.4 Å². The molecule has 9 heteroatoms. The number of halogens is 1. The van der Waals surface area contributed by atoms with Crippen molar-refractivity contribution in [1.82, 2.24) is 15.6 Å². The molecular formula is C24H28ClN3O4S. The third-order valence-corrected chi connectivity index (χ3v) is 7.38. The Hall–Kier alpha value is -2.58. The van der Waals surface area contributed by atoms with Crippen molar-refractivity contribution in [1.29, 1.82) is 0 Å². The number of rotatable bonds is 7. The van der Waals surface area contributed by atoms with E-state index in [4.69, 9.17) is 20.8 Å². The summed E-state index contributed by atoms with van der Waals surface area (Å²) in [5, 5.41) is 8.26. The number of thioether (sulfide) groups is 1. The first-order valence-corrected chi connectivity index (χ1v) is 12.5. The maximum Gasteiger partial charge on any atom is 0.268 e. The third kappa shape index (κ3) is 4.87. The summed E-state index contributed by atoms with van der Waals surface area (Å²) < 4.78 is 10.8. The Morgan fingerprint density at radius 2 is 2.09 bits per heavy atom. The summed E-state index contributed by atoms with van der Waals surface area (Å²) >= 11 is 7.61. The second-order valence-electron chi connectivity index (χ2n) is 8.55. The number of hydrogen-bond donors (Lipinski definition) is 3. The lowest BCUT2D eigenvalue weighted by Crippen LogP contribution is -2.60. The molecule has 2 aromatic heterocycles.